The number of carbonyl (C=O) groups is 1. The van der Waals surface area contributed by atoms with Crippen LogP contribution in [-0.2, 0) is 16.6 Å². The van der Waals surface area contributed by atoms with Gasteiger partial charge in [-0.1, -0.05) is 57.2 Å². The third-order valence-electron chi connectivity index (χ3n) is 5.26. The van der Waals surface area contributed by atoms with Gasteiger partial charge in [-0.15, -0.1) is 10.2 Å². The lowest BCUT2D eigenvalue weighted by molar-refractivity contribution is -0.112. The molecule has 8 nitrogen and oxygen atoms in total. The van der Waals surface area contributed by atoms with E-state index in [9.17, 15) is 10.1 Å². The van der Waals surface area contributed by atoms with Gasteiger partial charge in [-0.3, -0.25) is 10.1 Å². The maximum absolute atomic E-state index is 12.5. The number of aromatic nitrogens is 2. The summed E-state index contributed by atoms with van der Waals surface area (Å²) in [5, 5.41) is 21.2. The van der Waals surface area contributed by atoms with Crippen molar-refractivity contribution in [1.29, 1.82) is 5.26 Å². The van der Waals surface area contributed by atoms with Crippen molar-refractivity contribution in [3.05, 3.63) is 64.2 Å². The molecule has 0 spiro atoms. The molecule has 0 atom stereocenters. The molecule has 0 bridgehead atoms. The third-order valence-corrected chi connectivity index (χ3v) is 6.25. The van der Waals surface area contributed by atoms with Gasteiger partial charge in [0.1, 0.15) is 35.6 Å². The second-order valence-corrected chi connectivity index (χ2v) is 10.2. The second-order valence-electron chi connectivity index (χ2n) is 9.09. The molecule has 0 aliphatic carbocycles. The van der Waals surface area contributed by atoms with Crippen LogP contribution in [0.4, 0.5) is 5.13 Å². The second kappa shape index (κ2) is 12.9. The first-order valence-corrected chi connectivity index (χ1v) is 12.9. The predicted molar refractivity (Wildman–Crippen MR) is 145 cm³/mol. The van der Waals surface area contributed by atoms with Gasteiger partial charge in [0.2, 0.25) is 5.13 Å². The minimum Gasteiger partial charge on any atom is -0.490 e. The fraction of sp³-hybridized carbons (Fsp3) is 0.357. The Morgan fingerprint density at radius 3 is 2.38 bits per heavy atom. The number of carbonyl (C=O) groups excluding carboxylic acids is 1. The third kappa shape index (κ3) is 8.05. The van der Waals surface area contributed by atoms with E-state index in [1.807, 2.05) is 32.0 Å². The van der Waals surface area contributed by atoms with Gasteiger partial charge >= 0.3 is 0 Å². The summed E-state index contributed by atoms with van der Waals surface area (Å²) >= 11 is 1.28. The van der Waals surface area contributed by atoms with Crippen molar-refractivity contribution < 1.29 is 19.0 Å². The highest BCUT2D eigenvalue weighted by molar-refractivity contribution is 7.15. The Hall–Kier alpha value is -3.90. The summed E-state index contributed by atoms with van der Waals surface area (Å²) in [4.78, 5) is 12.5. The van der Waals surface area contributed by atoms with Crippen molar-refractivity contribution in [2.24, 2.45) is 0 Å². The molecular weight excluding hydrogens is 488 g/mol. The monoisotopic (exact) mass is 520 g/mol. The Bertz CT molecular complexity index is 1270. The lowest BCUT2D eigenvalue weighted by atomic mass is 9.87. The Balaban J connectivity index is 1.62. The largest absolute Gasteiger partial charge is 0.490 e. The molecule has 9 heteroatoms. The van der Waals surface area contributed by atoms with Crippen molar-refractivity contribution in [3.63, 3.8) is 0 Å². The fourth-order valence-corrected chi connectivity index (χ4v) is 3.97. The number of hydrogen-bond acceptors (Lipinski definition) is 8. The van der Waals surface area contributed by atoms with E-state index >= 15 is 0 Å². The summed E-state index contributed by atoms with van der Waals surface area (Å²) in [6.45, 7) is 11.5. The Morgan fingerprint density at radius 1 is 1.03 bits per heavy atom. The van der Waals surface area contributed by atoms with Crippen LogP contribution in [-0.4, -0.2) is 35.9 Å². The van der Waals surface area contributed by atoms with E-state index in [4.69, 9.17) is 14.2 Å². The molecule has 37 heavy (non-hydrogen) atoms. The van der Waals surface area contributed by atoms with Crippen LogP contribution in [0.25, 0.3) is 6.08 Å². The smallest absolute Gasteiger partial charge is 0.268 e. The number of nitrogens with zero attached hydrogens (tertiary/aromatic N) is 3. The number of ether oxygens (including phenoxy) is 3. The summed E-state index contributed by atoms with van der Waals surface area (Å²) in [7, 11) is 0. The van der Waals surface area contributed by atoms with Crippen molar-refractivity contribution in [1.82, 2.24) is 10.2 Å². The maximum atomic E-state index is 12.5. The highest BCUT2D eigenvalue weighted by Crippen LogP contribution is 2.30. The number of rotatable bonds is 11. The number of hydrogen-bond donors (Lipinski definition) is 1. The van der Waals surface area contributed by atoms with Crippen LogP contribution >= 0.6 is 11.3 Å². The van der Waals surface area contributed by atoms with Crippen LogP contribution in [0.2, 0.25) is 0 Å². The van der Waals surface area contributed by atoms with Crippen molar-refractivity contribution in [3.8, 4) is 23.3 Å². The zero-order chi connectivity index (χ0) is 26.8. The Kier molecular flexibility index (Phi) is 9.64. The average Bonchev–Trinajstić information content (AvgIpc) is 3.33. The van der Waals surface area contributed by atoms with Crippen molar-refractivity contribution >= 4 is 28.5 Å². The van der Waals surface area contributed by atoms with Crippen LogP contribution in [0, 0.1) is 11.3 Å². The molecule has 194 valence electrons. The van der Waals surface area contributed by atoms with Crippen molar-refractivity contribution in [2.75, 3.05) is 25.1 Å². The van der Waals surface area contributed by atoms with Gasteiger partial charge in [0, 0.05) is 0 Å². The minimum atomic E-state index is -0.549. The number of aryl methyl sites for hydroxylation is 1. The molecule has 0 aliphatic heterocycles. The molecule has 0 radical (unpaired) electrons. The molecule has 1 amide bonds. The summed E-state index contributed by atoms with van der Waals surface area (Å²) in [6, 6.07) is 15.3. The molecule has 2 aromatic carbocycles. The first-order valence-electron chi connectivity index (χ1n) is 12.1. The molecule has 0 fully saturated rings. The SMILES string of the molecule is CCOc1cc(C=C(C#N)C(=O)Nc2nnc(CC)s2)ccc1OCCOc1ccc(C(C)(C)C)cc1. The number of amides is 1. The molecule has 1 heterocycles. The van der Waals surface area contributed by atoms with Gasteiger partial charge in [0.25, 0.3) is 5.91 Å². The number of nitriles is 1. The average molecular weight is 521 g/mol. The highest BCUT2D eigenvalue weighted by Gasteiger charge is 2.15. The van der Waals surface area contributed by atoms with E-state index < -0.39 is 5.91 Å². The van der Waals surface area contributed by atoms with Crippen LogP contribution in [0.3, 0.4) is 0 Å². The predicted octanol–water partition coefficient (Wildman–Crippen LogP) is 5.80. The van der Waals surface area contributed by atoms with E-state index in [0.717, 1.165) is 17.2 Å². The van der Waals surface area contributed by atoms with Gasteiger partial charge in [-0.05, 0) is 60.2 Å². The van der Waals surface area contributed by atoms with Crippen molar-refractivity contribution in [2.45, 2.75) is 46.5 Å². The Morgan fingerprint density at radius 2 is 1.76 bits per heavy atom. The lowest BCUT2D eigenvalue weighted by Gasteiger charge is -2.19. The van der Waals surface area contributed by atoms with Gasteiger partial charge in [0.05, 0.1) is 6.61 Å². The molecule has 0 saturated heterocycles. The topological polar surface area (TPSA) is 106 Å². The molecule has 3 rings (SSSR count). The normalized spacial score (nSPS) is 11.5. The van der Waals surface area contributed by atoms with E-state index in [0.29, 0.717) is 42.0 Å². The highest BCUT2D eigenvalue weighted by atomic mass is 32.1. The number of anilines is 1. The number of nitrogens with one attached hydrogen (secondary N) is 1. The molecule has 3 aromatic rings. The fourth-order valence-electron chi connectivity index (χ4n) is 3.29. The van der Waals surface area contributed by atoms with Gasteiger partial charge < -0.3 is 14.2 Å². The minimum absolute atomic E-state index is 0.0600. The van der Waals surface area contributed by atoms with E-state index in [1.165, 1.54) is 23.0 Å². The summed E-state index contributed by atoms with van der Waals surface area (Å²) in [6.07, 6.45) is 2.22. The quantitative estimate of drug-likeness (QED) is 0.193. The first-order chi connectivity index (χ1) is 17.7. The van der Waals surface area contributed by atoms with Gasteiger partial charge in [-0.25, -0.2) is 0 Å². The maximum Gasteiger partial charge on any atom is 0.268 e. The van der Waals surface area contributed by atoms with Crippen LogP contribution in [0.5, 0.6) is 17.2 Å². The summed E-state index contributed by atoms with van der Waals surface area (Å²) in [5.74, 6) is 1.30. The molecule has 0 aliphatic rings. The molecule has 0 unspecified atom stereocenters. The molecule has 1 aromatic heterocycles. The van der Waals surface area contributed by atoms with E-state index in [1.54, 1.807) is 18.2 Å². The summed E-state index contributed by atoms with van der Waals surface area (Å²) in [5.41, 5.74) is 1.91. The summed E-state index contributed by atoms with van der Waals surface area (Å²) < 4.78 is 17.4. The first kappa shape index (κ1) is 27.7. The van der Waals surface area contributed by atoms with Crippen LogP contribution in [0.15, 0.2) is 48.0 Å². The van der Waals surface area contributed by atoms with E-state index in [2.05, 4.69) is 48.4 Å². The number of benzene rings is 2. The lowest BCUT2D eigenvalue weighted by Crippen LogP contribution is -2.13. The zero-order valence-electron chi connectivity index (χ0n) is 21.8. The zero-order valence-corrected chi connectivity index (χ0v) is 22.6. The van der Waals surface area contributed by atoms with Crippen LogP contribution < -0.4 is 19.5 Å². The standard InChI is InChI=1S/C28H32N4O4S/c1-6-25-31-32-27(37-25)30-26(33)20(18-29)16-19-8-13-23(24(17-19)34-7-2)36-15-14-35-22-11-9-21(10-12-22)28(3,4)5/h8-13,16-17H,6-7,14-15H2,1-5H3,(H,30,32,33). The van der Waals surface area contributed by atoms with Gasteiger partial charge in [0.15, 0.2) is 11.5 Å². The van der Waals surface area contributed by atoms with Gasteiger partial charge in [-0.2, -0.15) is 5.26 Å². The van der Waals surface area contributed by atoms with E-state index in [-0.39, 0.29) is 11.0 Å². The Labute approximate surface area is 221 Å². The molecule has 0 saturated carbocycles. The van der Waals surface area contributed by atoms with Crippen LogP contribution in [0.1, 0.15) is 50.8 Å². The molecule has 1 N–H and O–H groups in total. The molecular formula is C28H32N4O4S.